The molecular weight excluding hydrogens is 464 g/mol. The number of carbonyl (C=O) groups is 4. The van der Waals surface area contributed by atoms with Crippen LogP contribution >= 0.6 is 0 Å². The van der Waals surface area contributed by atoms with Crippen molar-refractivity contribution in [2.45, 2.75) is 127 Å². The number of hydrogen-bond acceptors (Lipinski definition) is 6. The maximum atomic E-state index is 10.7. The first-order valence-corrected chi connectivity index (χ1v) is 11.8. The van der Waals surface area contributed by atoms with Crippen molar-refractivity contribution in [1.82, 2.24) is 0 Å². The average molecular weight is 521 g/mol. The Morgan fingerprint density at radius 2 is 1.17 bits per heavy atom. The molecule has 0 aliphatic heterocycles. The Bertz CT molecular complexity index is 690. The van der Waals surface area contributed by atoms with Gasteiger partial charge in [-0.25, -0.2) is 0 Å². The van der Waals surface area contributed by atoms with E-state index in [2.05, 4.69) is 0 Å². The van der Waals surface area contributed by atoms with E-state index < -0.39 is 11.2 Å². The van der Waals surface area contributed by atoms with E-state index in [4.69, 9.17) is 5.11 Å². The molecule has 6 N–H and O–H groups in total. The highest BCUT2D eigenvalue weighted by Gasteiger charge is 2.25. The van der Waals surface area contributed by atoms with Crippen LogP contribution < -0.4 is 0 Å². The van der Waals surface area contributed by atoms with E-state index in [9.17, 15) is 24.3 Å². The van der Waals surface area contributed by atoms with Gasteiger partial charge >= 0.3 is 0 Å². The molecule has 8 heteroatoms. The Hall–Kier alpha value is -2.00. The molecule has 0 saturated carbocycles. The molecule has 0 aromatic rings. The zero-order chi connectivity index (χ0) is 28.4. The van der Waals surface area contributed by atoms with Gasteiger partial charge in [-0.3, -0.25) is 19.2 Å². The van der Waals surface area contributed by atoms with E-state index in [0.717, 1.165) is 16.7 Å². The summed E-state index contributed by atoms with van der Waals surface area (Å²) < 4.78 is 0. The molecule has 0 aliphatic rings. The van der Waals surface area contributed by atoms with Gasteiger partial charge in [-0.05, 0) is 87.8 Å². The van der Waals surface area contributed by atoms with Gasteiger partial charge in [-0.2, -0.15) is 0 Å². The lowest BCUT2D eigenvalue weighted by molar-refractivity contribution is -0.127. The number of Topliss-reactive ketones (excluding diaryl/α,β-unsaturated/α-hetero) is 3. The zero-order valence-electron chi connectivity index (χ0n) is 25.3. The Labute approximate surface area is 219 Å². The van der Waals surface area contributed by atoms with Crippen molar-refractivity contribution in [3.8, 4) is 0 Å². The van der Waals surface area contributed by atoms with Crippen molar-refractivity contribution >= 4 is 23.1 Å². The fraction of sp³-hybridized carbons (Fsp3) is 0.714. The van der Waals surface area contributed by atoms with Crippen LogP contribution in [0, 0.1) is 5.92 Å². The van der Waals surface area contributed by atoms with E-state index in [-0.39, 0.29) is 46.4 Å². The summed E-state index contributed by atoms with van der Waals surface area (Å²) in [6.45, 7) is 24.6. The maximum Gasteiger partial charge on any atom is 0.155 e. The minimum atomic E-state index is -0.869. The van der Waals surface area contributed by atoms with Crippen LogP contribution in [0.2, 0.25) is 0 Å². The Morgan fingerprint density at radius 3 is 1.22 bits per heavy atom. The van der Waals surface area contributed by atoms with E-state index in [1.165, 1.54) is 6.92 Å². The summed E-state index contributed by atoms with van der Waals surface area (Å²) in [5.41, 5.74) is 1.37. The van der Waals surface area contributed by atoms with Gasteiger partial charge in [0.1, 0.15) is 11.6 Å². The SMILES string of the molecule is CC(=O)C(C)=C(C)C.CC(=O)C(C)C(C)(C)O.CCC(=O)C=C(C)C.CCC(=O)CC(C)(C)O.O.O. The fourth-order valence-corrected chi connectivity index (χ4v) is 1.88. The molecule has 1 unspecified atom stereocenters. The monoisotopic (exact) mass is 520 g/mol. The number of rotatable bonds is 8. The smallest absolute Gasteiger partial charge is 0.155 e. The van der Waals surface area contributed by atoms with Gasteiger partial charge in [-0.1, -0.05) is 31.9 Å². The zero-order valence-corrected chi connectivity index (χ0v) is 25.3. The molecule has 0 rings (SSSR count). The molecular formula is C28H56O8. The number of aliphatic hydroxyl groups is 2. The van der Waals surface area contributed by atoms with Gasteiger partial charge in [-0.15, -0.1) is 0 Å². The summed E-state index contributed by atoms with van der Waals surface area (Å²) in [6, 6.07) is 0. The molecule has 0 saturated heterocycles. The Morgan fingerprint density at radius 1 is 0.778 bits per heavy atom. The van der Waals surface area contributed by atoms with Gasteiger partial charge in [0.2, 0.25) is 0 Å². The molecule has 216 valence electrons. The predicted octanol–water partition coefficient (Wildman–Crippen LogP) is 4.32. The second-order valence-corrected chi connectivity index (χ2v) is 10.1. The molecule has 0 radical (unpaired) electrons. The summed E-state index contributed by atoms with van der Waals surface area (Å²) in [5.74, 6) is 0.262. The molecule has 0 spiro atoms. The quantitative estimate of drug-likeness (QED) is 0.451. The Kier molecular flexibility index (Phi) is 30.7. The number of carbonyl (C=O) groups excluding carboxylic acids is 4. The van der Waals surface area contributed by atoms with Crippen LogP contribution in [-0.4, -0.2) is 55.5 Å². The number of allylic oxidation sites excluding steroid dienone is 4. The Balaban J connectivity index is -0.0000000819. The van der Waals surface area contributed by atoms with Crippen LogP contribution in [0.1, 0.15) is 116 Å². The summed E-state index contributed by atoms with van der Waals surface area (Å²) >= 11 is 0. The molecule has 0 bridgehead atoms. The van der Waals surface area contributed by atoms with Crippen LogP contribution in [0.3, 0.4) is 0 Å². The molecule has 0 aliphatic carbocycles. The summed E-state index contributed by atoms with van der Waals surface area (Å²) in [5, 5.41) is 18.3. The van der Waals surface area contributed by atoms with Crippen molar-refractivity contribution in [2.24, 2.45) is 5.92 Å². The minimum absolute atomic E-state index is 0. The van der Waals surface area contributed by atoms with Crippen molar-refractivity contribution in [2.75, 3.05) is 0 Å². The van der Waals surface area contributed by atoms with Gasteiger partial charge < -0.3 is 21.2 Å². The lowest BCUT2D eigenvalue weighted by Crippen LogP contribution is -2.33. The minimum Gasteiger partial charge on any atom is -0.412 e. The first-order valence-electron chi connectivity index (χ1n) is 11.8. The van der Waals surface area contributed by atoms with Crippen LogP contribution in [0.25, 0.3) is 0 Å². The van der Waals surface area contributed by atoms with Crippen molar-refractivity contribution < 1.29 is 40.3 Å². The van der Waals surface area contributed by atoms with E-state index >= 15 is 0 Å². The summed E-state index contributed by atoms with van der Waals surface area (Å²) in [7, 11) is 0. The van der Waals surface area contributed by atoms with Crippen molar-refractivity contribution in [3.63, 3.8) is 0 Å². The molecule has 36 heavy (non-hydrogen) atoms. The highest BCUT2D eigenvalue weighted by Crippen LogP contribution is 2.15. The topological polar surface area (TPSA) is 172 Å². The maximum absolute atomic E-state index is 10.7. The molecule has 0 aromatic heterocycles. The third kappa shape index (κ3) is 36.6. The van der Waals surface area contributed by atoms with Gasteiger partial charge in [0.25, 0.3) is 0 Å². The molecule has 8 nitrogen and oxygen atoms in total. The second kappa shape index (κ2) is 23.4. The largest absolute Gasteiger partial charge is 0.412 e. The fourth-order valence-electron chi connectivity index (χ4n) is 1.88. The third-order valence-corrected chi connectivity index (χ3v) is 4.77. The van der Waals surface area contributed by atoms with E-state index in [1.807, 2.05) is 41.5 Å². The standard InChI is InChI=1S/2C7H14O2.2C7H12O.2H2O/c1-5(6(2)8)7(3,4)9;1-4-6(8)5-7(2,3)9;1-5(2)6(3)7(4)8;1-4-7(8)5-6(2)3;;/h5,9H,1-4H3;9H,4-5H2,1-3H3;1-4H3;5H,4H2,1-3H3;2*1H2. The molecule has 0 amide bonds. The molecule has 0 fully saturated rings. The highest BCUT2D eigenvalue weighted by atomic mass is 16.3. The highest BCUT2D eigenvalue weighted by molar-refractivity contribution is 5.93. The predicted molar refractivity (Wildman–Crippen MR) is 149 cm³/mol. The van der Waals surface area contributed by atoms with Gasteiger partial charge in [0.15, 0.2) is 11.6 Å². The van der Waals surface area contributed by atoms with Crippen LogP contribution in [0.15, 0.2) is 22.8 Å². The molecule has 0 aromatic carbocycles. The third-order valence-electron chi connectivity index (χ3n) is 4.77. The summed E-state index contributed by atoms with van der Waals surface area (Å²) in [4.78, 5) is 42.4. The molecule has 0 heterocycles. The van der Waals surface area contributed by atoms with Crippen molar-refractivity contribution in [3.05, 3.63) is 22.8 Å². The summed E-state index contributed by atoms with van der Waals surface area (Å²) in [6.07, 6.45) is 3.07. The first-order chi connectivity index (χ1) is 15.0. The lowest BCUT2D eigenvalue weighted by atomic mass is 9.90. The van der Waals surface area contributed by atoms with Gasteiger partial charge in [0.05, 0.1) is 11.2 Å². The lowest BCUT2D eigenvalue weighted by Gasteiger charge is -2.22. The number of ketones is 4. The number of hydrogen-bond donors (Lipinski definition) is 2. The van der Waals surface area contributed by atoms with E-state index in [0.29, 0.717) is 12.8 Å². The molecule has 1 atom stereocenters. The normalized spacial score (nSPS) is 10.4. The first kappa shape index (κ1) is 47.2. The van der Waals surface area contributed by atoms with E-state index in [1.54, 1.807) is 54.5 Å². The van der Waals surface area contributed by atoms with Crippen LogP contribution in [-0.2, 0) is 19.2 Å². The van der Waals surface area contributed by atoms with Crippen LogP contribution in [0.4, 0.5) is 0 Å². The van der Waals surface area contributed by atoms with Gasteiger partial charge in [0, 0.05) is 25.2 Å². The second-order valence-electron chi connectivity index (χ2n) is 10.1. The van der Waals surface area contributed by atoms with Crippen molar-refractivity contribution in [1.29, 1.82) is 0 Å². The van der Waals surface area contributed by atoms with Crippen LogP contribution in [0.5, 0.6) is 0 Å². The average Bonchev–Trinajstić information content (AvgIpc) is 2.65.